The third-order valence-electron chi connectivity index (χ3n) is 13.3. The normalized spacial score (nSPS) is 17.5. The Labute approximate surface area is 347 Å². The minimum Gasteiger partial charge on any atom is -0.497 e. The number of fused-ring (bicyclic) bond motifs is 8. The van der Waals surface area contributed by atoms with E-state index >= 15 is 0 Å². The average Bonchev–Trinajstić information content (AvgIpc) is 3.62. The maximum absolute atomic E-state index is 7.76. The summed E-state index contributed by atoms with van der Waals surface area (Å²) >= 11 is 0. The number of morpholine rings is 1. The van der Waals surface area contributed by atoms with Gasteiger partial charge in [0.25, 0.3) is 0 Å². The third-order valence-corrected chi connectivity index (χ3v) is 13.3. The Morgan fingerprint density at radius 1 is 0.627 bits per heavy atom. The van der Waals surface area contributed by atoms with Gasteiger partial charge in [-0.3, -0.25) is 0 Å². The van der Waals surface area contributed by atoms with E-state index in [-0.39, 0.29) is 5.41 Å². The summed E-state index contributed by atoms with van der Waals surface area (Å²) in [5.41, 5.74) is 13.3. The second-order valence-corrected chi connectivity index (χ2v) is 15.9. The highest BCUT2D eigenvalue weighted by molar-refractivity contribution is 6.10. The van der Waals surface area contributed by atoms with Crippen LogP contribution in [0.5, 0.6) is 17.2 Å². The van der Waals surface area contributed by atoms with Gasteiger partial charge in [-0.15, -0.1) is 0 Å². The molecule has 59 heavy (non-hydrogen) atoms. The Balaban J connectivity index is 1.18. The van der Waals surface area contributed by atoms with Gasteiger partial charge in [-0.1, -0.05) is 135 Å². The first-order valence-electron chi connectivity index (χ1n) is 21.0. The molecule has 294 valence electrons. The van der Waals surface area contributed by atoms with E-state index in [1.807, 2.05) is 12.1 Å². The molecule has 0 N–H and O–H groups in total. The van der Waals surface area contributed by atoms with Crippen LogP contribution >= 0.6 is 0 Å². The van der Waals surface area contributed by atoms with E-state index in [1.165, 1.54) is 44.3 Å². The molecule has 0 radical (unpaired) electrons. The van der Waals surface area contributed by atoms with E-state index < -0.39 is 5.60 Å². The Hall–Kier alpha value is -6.30. The summed E-state index contributed by atoms with van der Waals surface area (Å²) in [6.07, 6.45) is 6.59. The molecule has 7 aromatic carbocycles. The second kappa shape index (κ2) is 14.8. The van der Waals surface area contributed by atoms with Crippen molar-refractivity contribution in [2.24, 2.45) is 0 Å². The molecule has 5 nitrogen and oxygen atoms in total. The number of nitrogens with zero attached hydrogens (tertiary/aromatic N) is 1. The summed E-state index contributed by atoms with van der Waals surface area (Å²) in [5, 5.41) is 2.23. The molecule has 5 heteroatoms. The summed E-state index contributed by atoms with van der Waals surface area (Å²) in [7, 11) is 3.48. The summed E-state index contributed by atoms with van der Waals surface area (Å²) in [6, 6.07) is 50.2. The van der Waals surface area contributed by atoms with Gasteiger partial charge >= 0.3 is 0 Å². The lowest BCUT2D eigenvalue weighted by Crippen LogP contribution is -2.36. The van der Waals surface area contributed by atoms with Crippen LogP contribution in [0.4, 0.5) is 5.69 Å². The fraction of sp³-hybridized carbons (Fsp3) is 0.222. The minimum atomic E-state index is -0.932. The summed E-state index contributed by atoms with van der Waals surface area (Å²) in [5.74, 6) is 2.51. The van der Waals surface area contributed by atoms with Crippen LogP contribution in [-0.4, -0.2) is 40.5 Å². The van der Waals surface area contributed by atoms with Crippen LogP contribution in [0.3, 0.4) is 0 Å². The van der Waals surface area contributed by atoms with Crippen LogP contribution in [0.25, 0.3) is 50.2 Å². The highest BCUT2D eigenvalue weighted by Gasteiger charge is 2.47. The quantitative estimate of drug-likeness (QED) is 0.146. The fourth-order valence-electron chi connectivity index (χ4n) is 10.1. The number of hydrogen-bond acceptors (Lipinski definition) is 5. The topological polar surface area (TPSA) is 40.2 Å². The van der Waals surface area contributed by atoms with Gasteiger partial charge in [-0.05, 0) is 93.1 Å². The molecule has 10 rings (SSSR count). The zero-order chi connectivity index (χ0) is 40.1. The lowest BCUT2D eigenvalue weighted by Gasteiger charge is -2.39. The van der Waals surface area contributed by atoms with Gasteiger partial charge in [-0.2, -0.15) is 0 Å². The molecule has 0 amide bonds. The maximum Gasteiger partial charge on any atom is 0.178 e. The predicted octanol–water partition coefficient (Wildman–Crippen LogP) is 12.5. The van der Waals surface area contributed by atoms with Crippen molar-refractivity contribution in [2.75, 3.05) is 45.4 Å². The second-order valence-electron chi connectivity index (χ2n) is 15.9. The molecule has 1 fully saturated rings. The smallest absolute Gasteiger partial charge is 0.178 e. The van der Waals surface area contributed by atoms with Gasteiger partial charge in [0.2, 0.25) is 0 Å². The molecule has 7 aromatic rings. The number of anilines is 1. The molecule has 0 bridgehead atoms. The van der Waals surface area contributed by atoms with Gasteiger partial charge < -0.3 is 23.8 Å². The minimum absolute atomic E-state index is 0.172. The Morgan fingerprint density at radius 2 is 1.22 bits per heavy atom. The van der Waals surface area contributed by atoms with E-state index in [4.69, 9.17) is 18.9 Å². The van der Waals surface area contributed by atoms with Gasteiger partial charge in [0.15, 0.2) is 5.60 Å². The van der Waals surface area contributed by atoms with E-state index in [0.717, 1.165) is 76.5 Å². The highest BCUT2D eigenvalue weighted by Crippen LogP contribution is 2.61. The van der Waals surface area contributed by atoms with Gasteiger partial charge in [-0.25, -0.2) is 0 Å². The van der Waals surface area contributed by atoms with Crippen molar-refractivity contribution < 1.29 is 18.9 Å². The van der Waals surface area contributed by atoms with Crippen LogP contribution < -0.4 is 19.1 Å². The predicted molar refractivity (Wildman–Crippen MR) is 241 cm³/mol. The van der Waals surface area contributed by atoms with Crippen molar-refractivity contribution in [1.82, 2.24) is 0 Å². The molecule has 1 aliphatic carbocycles. The summed E-state index contributed by atoms with van der Waals surface area (Å²) in [4.78, 5) is 2.40. The van der Waals surface area contributed by atoms with Gasteiger partial charge in [0.05, 0.1) is 33.1 Å². The van der Waals surface area contributed by atoms with Crippen LogP contribution in [0, 0.1) is 0 Å². The Bertz CT molecular complexity index is 2690. The van der Waals surface area contributed by atoms with E-state index in [9.17, 15) is 0 Å². The largest absolute Gasteiger partial charge is 0.497 e. The Morgan fingerprint density at radius 3 is 1.85 bits per heavy atom. The van der Waals surface area contributed by atoms with E-state index in [1.54, 1.807) is 14.2 Å². The number of rotatable bonds is 9. The molecule has 0 saturated carbocycles. The summed E-state index contributed by atoms with van der Waals surface area (Å²) in [6.45, 7) is 7.68. The fourth-order valence-corrected chi connectivity index (χ4v) is 10.1. The first kappa shape index (κ1) is 37.0. The van der Waals surface area contributed by atoms with Crippen LogP contribution in [0.1, 0.15) is 54.5 Å². The van der Waals surface area contributed by atoms with Crippen molar-refractivity contribution in [2.45, 2.75) is 37.7 Å². The van der Waals surface area contributed by atoms with E-state index in [0.29, 0.717) is 13.2 Å². The number of benzene rings is 7. The first-order valence-corrected chi connectivity index (χ1v) is 21.0. The zero-order valence-corrected chi connectivity index (χ0v) is 34.3. The lowest BCUT2D eigenvalue weighted by molar-refractivity contribution is 0.122. The standard InChI is InChI=1S/C54H49NO4/c1-5-53(6-2)47-15-11-10-14-43(47)50-45-34-48(55-30-32-58-33-31-55)49(57-4)35-46(45)52-44(51(50)53)28-29-54(59-52,41-24-26-42(56-3)27-25-41)40-22-20-39(21-23-40)38-18-16-37(17-19-38)36-12-8-7-9-13-36/h7-29,34-35H,5-6,30-33H2,1-4H3. The lowest BCUT2D eigenvalue weighted by atomic mass is 9.71. The number of methoxy groups -OCH3 is 2. The maximum atomic E-state index is 7.76. The van der Waals surface area contributed by atoms with Crippen molar-refractivity contribution in [1.29, 1.82) is 0 Å². The first-order chi connectivity index (χ1) is 29.0. The molecule has 1 saturated heterocycles. The Kier molecular flexibility index (Phi) is 9.29. The molecule has 2 aliphatic heterocycles. The average molecular weight is 776 g/mol. The number of hydrogen-bond donors (Lipinski definition) is 0. The molecule has 1 unspecified atom stereocenters. The molecule has 3 aliphatic rings. The number of ether oxygens (including phenoxy) is 4. The van der Waals surface area contributed by atoms with Crippen LogP contribution in [0.2, 0.25) is 0 Å². The third kappa shape index (κ3) is 5.85. The van der Waals surface area contributed by atoms with Gasteiger partial charge in [0.1, 0.15) is 17.2 Å². The molecule has 0 aromatic heterocycles. The van der Waals surface area contributed by atoms with Crippen LogP contribution in [-0.2, 0) is 15.8 Å². The monoisotopic (exact) mass is 775 g/mol. The van der Waals surface area contributed by atoms with Crippen molar-refractivity contribution in [3.63, 3.8) is 0 Å². The molecule has 1 atom stereocenters. The van der Waals surface area contributed by atoms with Crippen molar-refractivity contribution >= 4 is 22.5 Å². The van der Waals surface area contributed by atoms with E-state index in [2.05, 4.69) is 158 Å². The molecular weight excluding hydrogens is 727 g/mol. The van der Waals surface area contributed by atoms with Crippen LogP contribution in [0.15, 0.2) is 146 Å². The summed E-state index contributed by atoms with van der Waals surface area (Å²) < 4.78 is 25.4. The highest BCUT2D eigenvalue weighted by atomic mass is 16.5. The molecular formula is C54H49NO4. The molecule has 2 heterocycles. The van der Waals surface area contributed by atoms with Gasteiger partial charge in [0, 0.05) is 40.6 Å². The van der Waals surface area contributed by atoms with Crippen molar-refractivity contribution in [3.8, 4) is 50.6 Å². The SMILES string of the molecule is CCC1(CC)c2ccccc2-c2c1c1c(c3cc(OC)c(N4CCOCC4)cc23)OC(c2ccc(OC)cc2)(c2ccc(-c3ccc(-c4ccccc4)cc3)cc2)C=C1. The zero-order valence-electron chi connectivity index (χ0n) is 34.3. The molecule has 0 spiro atoms. The van der Waals surface area contributed by atoms with Crippen molar-refractivity contribution in [3.05, 3.63) is 173 Å².